The number of aromatic amines is 1. The molecular formula is C18H19N3O2. The van der Waals surface area contributed by atoms with Crippen molar-refractivity contribution in [3.8, 4) is 11.5 Å². The van der Waals surface area contributed by atoms with E-state index in [-0.39, 0.29) is 6.10 Å². The summed E-state index contributed by atoms with van der Waals surface area (Å²) in [6.45, 7) is 1.60. The molecule has 118 valence electrons. The smallest absolute Gasteiger partial charge is 0.152 e. The maximum Gasteiger partial charge on any atom is 0.152 e. The number of H-pyrrole nitrogens is 1. The Balaban J connectivity index is 1.58. The molecule has 0 fully saturated rings. The van der Waals surface area contributed by atoms with Gasteiger partial charge in [-0.15, -0.1) is 0 Å². The van der Waals surface area contributed by atoms with E-state index in [0.29, 0.717) is 0 Å². The molecule has 1 N–H and O–H groups in total. The predicted molar refractivity (Wildman–Crippen MR) is 88.3 cm³/mol. The molecule has 3 heterocycles. The van der Waals surface area contributed by atoms with Crippen molar-refractivity contribution in [1.29, 1.82) is 0 Å². The fourth-order valence-corrected chi connectivity index (χ4v) is 3.14. The Kier molecular flexibility index (Phi) is 3.63. The number of rotatable bonds is 4. The fourth-order valence-electron chi connectivity index (χ4n) is 3.14. The first-order valence-electron chi connectivity index (χ1n) is 7.77. The summed E-state index contributed by atoms with van der Waals surface area (Å²) < 4.78 is 11.6. The lowest BCUT2D eigenvalue weighted by Gasteiger charge is -2.35. The minimum absolute atomic E-state index is 0.215. The standard InChI is InChI=1S/C18H19N3O2/c1-22-15-10-13-4-2-3-5-17(13)21(12-15)11-14-6-7-18(23-14)16-8-9-19-20-16/h2-9,15H,10-12H2,1H3,(H,19,20). The van der Waals surface area contributed by atoms with E-state index in [1.165, 1.54) is 11.3 Å². The molecule has 0 radical (unpaired) electrons. The van der Waals surface area contributed by atoms with Gasteiger partial charge >= 0.3 is 0 Å². The average molecular weight is 309 g/mol. The van der Waals surface area contributed by atoms with Crippen LogP contribution in [0.3, 0.4) is 0 Å². The number of aromatic nitrogens is 2. The van der Waals surface area contributed by atoms with E-state index in [0.717, 1.165) is 36.7 Å². The van der Waals surface area contributed by atoms with Crippen LogP contribution < -0.4 is 4.90 Å². The van der Waals surface area contributed by atoms with Gasteiger partial charge in [-0.3, -0.25) is 5.10 Å². The summed E-state index contributed by atoms with van der Waals surface area (Å²) in [5.41, 5.74) is 3.48. The van der Waals surface area contributed by atoms with Crippen LogP contribution in [-0.4, -0.2) is 30.0 Å². The minimum Gasteiger partial charge on any atom is -0.458 e. The molecule has 5 heteroatoms. The molecule has 0 amide bonds. The van der Waals surface area contributed by atoms with Gasteiger partial charge in [-0.25, -0.2) is 0 Å². The lowest BCUT2D eigenvalue weighted by atomic mass is 9.99. The van der Waals surface area contributed by atoms with Crippen LogP contribution in [0.15, 0.2) is 53.1 Å². The van der Waals surface area contributed by atoms with Crippen molar-refractivity contribution >= 4 is 5.69 Å². The molecule has 0 aliphatic carbocycles. The number of hydrogen-bond acceptors (Lipinski definition) is 4. The van der Waals surface area contributed by atoms with E-state index in [1.54, 1.807) is 13.3 Å². The van der Waals surface area contributed by atoms with Crippen LogP contribution in [0.1, 0.15) is 11.3 Å². The van der Waals surface area contributed by atoms with Crippen molar-refractivity contribution < 1.29 is 9.15 Å². The maximum absolute atomic E-state index is 5.96. The number of fused-ring (bicyclic) bond motifs is 1. The number of para-hydroxylation sites is 1. The second-order valence-corrected chi connectivity index (χ2v) is 5.81. The van der Waals surface area contributed by atoms with Crippen molar-refractivity contribution in [2.24, 2.45) is 0 Å². The molecule has 0 saturated heterocycles. The number of furan rings is 1. The van der Waals surface area contributed by atoms with E-state index in [9.17, 15) is 0 Å². The van der Waals surface area contributed by atoms with Gasteiger partial charge in [0.2, 0.25) is 0 Å². The number of benzene rings is 1. The summed E-state index contributed by atoms with van der Waals surface area (Å²) in [7, 11) is 1.78. The normalized spacial score (nSPS) is 17.3. The van der Waals surface area contributed by atoms with E-state index in [2.05, 4.69) is 39.4 Å². The summed E-state index contributed by atoms with van der Waals surface area (Å²) in [4.78, 5) is 2.32. The topological polar surface area (TPSA) is 54.3 Å². The monoisotopic (exact) mass is 309 g/mol. The highest BCUT2D eigenvalue weighted by Gasteiger charge is 2.24. The molecule has 4 rings (SSSR count). The third-order valence-electron chi connectivity index (χ3n) is 4.31. The van der Waals surface area contributed by atoms with Gasteiger partial charge in [-0.1, -0.05) is 18.2 Å². The van der Waals surface area contributed by atoms with Crippen LogP contribution >= 0.6 is 0 Å². The largest absolute Gasteiger partial charge is 0.458 e. The minimum atomic E-state index is 0.215. The maximum atomic E-state index is 5.96. The first-order valence-corrected chi connectivity index (χ1v) is 7.77. The Morgan fingerprint density at radius 3 is 3.00 bits per heavy atom. The van der Waals surface area contributed by atoms with E-state index < -0.39 is 0 Å². The van der Waals surface area contributed by atoms with Gasteiger partial charge in [-0.2, -0.15) is 5.10 Å². The lowest BCUT2D eigenvalue weighted by Crippen LogP contribution is -2.39. The summed E-state index contributed by atoms with van der Waals surface area (Å²) in [5, 5.41) is 6.89. The van der Waals surface area contributed by atoms with Crippen molar-refractivity contribution in [2.75, 3.05) is 18.6 Å². The van der Waals surface area contributed by atoms with E-state index >= 15 is 0 Å². The van der Waals surface area contributed by atoms with Crippen molar-refractivity contribution in [3.05, 3.63) is 60.0 Å². The number of hydrogen-bond donors (Lipinski definition) is 1. The Morgan fingerprint density at radius 1 is 1.26 bits per heavy atom. The molecule has 0 bridgehead atoms. The molecule has 1 aromatic carbocycles. The SMILES string of the molecule is COC1Cc2ccccc2N(Cc2ccc(-c3ccn[nH]3)o2)C1. The summed E-state index contributed by atoms with van der Waals surface area (Å²) in [6.07, 6.45) is 2.90. The summed E-state index contributed by atoms with van der Waals surface area (Å²) in [5.74, 6) is 1.74. The second kappa shape index (κ2) is 5.93. The molecule has 0 spiro atoms. The fraction of sp³-hybridized carbons (Fsp3) is 0.278. The van der Waals surface area contributed by atoms with Crippen LogP contribution in [0.5, 0.6) is 0 Å². The molecule has 23 heavy (non-hydrogen) atoms. The Labute approximate surface area is 134 Å². The molecule has 1 aliphatic rings. The quantitative estimate of drug-likeness (QED) is 0.804. The molecular weight excluding hydrogens is 290 g/mol. The van der Waals surface area contributed by atoms with Crippen LogP contribution in [0.2, 0.25) is 0 Å². The number of nitrogens with zero attached hydrogens (tertiary/aromatic N) is 2. The summed E-state index contributed by atoms with van der Waals surface area (Å²) in [6, 6.07) is 14.4. The lowest BCUT2D eigenvalue weighted by molar-refractivity contribution is 0.104. The molecule has 1 atom stereocenters. The second-order valence-electron chi connectivity index (χ2n) is 5.81. The zero-order chi connectivity index (χ0) is 15.6. The van der Waals surface area contributed by atoms with Gasteiger partial charge in [0.1, 0.15) is 11.5 Å². The zero-order valence-electron chi connectivity index (χ0n) is 13.0. The van der Waals surface area contributed by atoms with E-state index in [4.69, 9.17) is 9.15 Å². The number of methoxy groups -OCH3 is 1. The highest BCUT2D eigenvalue weighted by molar-refractivity contribution is 5.57. The number of anilines is 1. The highest BCUT2D eigenvalue weighted by Crippen LogP contribution is 2.30. The third-order valence-corrected chi connectivity index (χ3v) is 4.31. The van der Waals surface area contributed by atoms with Gasteiger partial charge in [0.25, 0.3) is 0 Å². The highest BCUT2D eigenvalue weighted by atomic mass is 16.5. The number of ether oxygens (including phenoxy) is 1. The molecule has 1 unspecified atom stereocenters. The van der Waals surface area contributed by atoms with Crippen LogP contribution in [0, 0.1) is 0 Å². The predicted octanol–water partition coefficient (Wildman–Crippen LogP) is 3.25. The van der Waals surface area contributed by atoms with Gasteiger partial charge < -0.3 is 14.1 Å². The Morgan fingerprint density at radius 2 is 2.17 bits per heavy atom. The van der Waals surface area contributed by atoms with Crippen LogP contribution in [0.4, 0.5) is 5.69 Å². The van der Waals surface area contributed by atoms with Crippen molar-refractivity contribution in [1.82, 2.24) is 10.2 Å². The van der Waals surface area contributed by atoms with Gasteiger partial charge in [0, 0.05) is 32.0 Å². The summed E-state index contributed by atoms with van der Waals surface area (Å²) >= 11 is 0. The molecule has 1 aliphatic heterocycles. The van der Waals surface area contributed by atoms with Crippen molar-refractivity contribution in [3.63, 3.8) is 0 Å². The van der Waals surface area contributed by atoms with Gasteiger partial charge in [0.15, 0.2) is 5.76 Å². The third kappa shape index (κ3) is 2.75. The molecule has 2 aromatic heterocycles. The Hall–Kier alpha value is -2.53. The van der Waals surface area contributed by atoms with Crippen LogP contribution in [-0.2, 0) is 17.7 Å². The molecule has 3 aromatic rings. The first-order chi connectivity index (χ1) is 11.3. The first kappa shape index (κ1) is 14.1. The van der Waals surface area contributed by atoms with Crippen molar-refractivity contribution in [2.45, 2.75) is 19.1 Å². The van der Waals surface area contributed by atoms with E-state index in [1.807, 2.05) is 18.2 Å². The Bertz CT molecular complexity index is 779. The van der Waals surface area contributed by atoms with Gasteiger partial charge in [0.05, 0.1) is 12.6 Å². The van der Waals surface area contributed by atoms with Gasteiger partial charge in [-0.05, 0) is 29.8 Å². The zero-order valence-corrected chi connectivity index (χ0v) is 13.0. The molecule has 0 saturated carbocycles. The van der Waals surface area contributed by atoms with Crippen LogP contribution in [0.25, 0.3) is 11.5 Å². The average Bonchev–Trinajstić information content (AvgIpc) is 3.26. The molecule has 5 nitrogen and oxygen atoms in total. The number of nitrogens with one attached hydrogen (secondary N) is 1.